The van der Waals surface area contributed by atoms with Crippen LogP contribution in [0, 0.1) is 0 Å². The summed E-state index contributed by atoms with van der Waals surface area (Å²) in [5.74, 6) is 0.366. The van der Waals surface area contributed by atoms with Crippen molar-refractivity contribution in [2.45, 2.75) is 12.8 Å². The number of carbonyl (C=O) groups is 1. The second kappa shape index (κ2) is 7.15. The van der Waals surface area contributed by atoms with E-state index in [1.807, 2.05) is 24.4 Å². The number of H-pyrrole nitrogens is 1. The summed E-state index contributed by atoms with van der Waals surface area (Å²) in [5, 5.41) is 11.7. The summed E-state index contributed by atoms with van der Waals surface area (Å²) in [5.41, 5.74) is 2.24. The van der Waals surface area contributed by atoms with Gasteiger partial charge in [-0.1, -0.05) is 11.6 Å². The molecule has 0 atom stereocenters. The summed E-state index contributed by atoms with van der Waals surface area (Å²) in [6.45, 7) is 1.87. The summed E-state index contributed by atoms with van der Waals surface area (Å²) in [4.78, 5) is 16.6. The molecule has 0 radical (unpaired) electrons. The summed E-state index contributed by atoms with van der Waals surface area (Å²) in [7, 11) is 1.24. The third-order valence-electron chi connectivity index (χ3n) is 4.15. The maximum Gasteiger partial charge on any atom is 0.513 e. The van der Waals surface area contributed by atoms with Crippen LogP contribution in [0.15, 0.2) is 35.9 Å². The molecule has 0 fully saturated rings. The maximum absolute atomic E-state index is 11.2. The predicted octanol–water partition coefficient (Wildman–Crippen LogP) is 3.62. The van der Waals surface area contributed by atoms with E-state index in [0.717, 1.165) is 23.9 Å². The second-order valence-corrected chi connectivity index (χ2v) is 6.14. The number of carbonyl (C=O) groups excluding carboxylic acids is 1. The van der Waals surface area contributed by atoms with Crippen molar-refractivity contribution >= 4 is 28.7 Å². The van der Waals surface area contributed by atoms with Gasteiger partial charge < -0.3 is 19.6 Å². The van der Waals surface area contributed by atoms with Gasteiger partial charge >= 0.3 is 6.16 Å². The van der Waals surface area contributed by atoms with Crippen molar-refractivity contribution < 1.29 is 19.4 Å². The van der Waals surface area contributed by atoms with E-state index < -0.39 is 6.16 Å². The van der Waals surface area contributed by atoms with Crippen LogP contribution in [0.5, 0.6) is 0 Å². The standard InChI is InChI=1S/C17H19ClN2O4/c1-23-17(22)24-16-10-20(7-5-15(16)21)6-4-11-9-19-14-3-2-12(18)8-13(11)14/h2-3,8-9,19,21H,4-7,10H2,1H3. The summed E-state index contributed by atoms with van der Waals surface area (Å²) in [6, 6.07) is 5.78. The molecule has 0 unspecified atom stereocenters. The van der Waals surface area contributed by atoms with E-state index in [2.05, 4.69) is 14.6 Å². The SMILES string of the molecule is COC(=O)OC1=C(O)CCN(CCc2c[nH]c3ccc(Cl)cc23)C1. The van der Waals surface area contributed by atoms with E-state index in [4.69, 9.17) is 16.3 Å². The highest BCUT2D eigenvalue weighted by Gasteiger charge is 2.22. The lowest BCUT2D eigenvalue weighted by Crippen LogP contribution is -2.34. The van der Waals surface area contributed by atoms with Crippen LogP contribution in [0.3, 0.4) is 0 Å². The number of hydrogen-bond donors (Lipinski definition) is 2. The first-order valence-corrected chi connectivity index (χ1v) is 8.09. The molecule has 0 saturated heterocycles. The van der Waals surface area contributed by atoms with Crippen molar-refractivity contribution in [3.8, 4) is 0 Å². The lowest BCUT2D eigenvalue weighted by atomic mass is 10.1. The molecule has 2 N–H and O–H groups in total. The largest absolute Gasteiger partial charge is 0.513 e. The number of nitrogens with one attached hydrogen (secondary N) is 1. The molecule has 1 aromatic heterocycles. The number of aliphatic hydroxyl groups excluding tert-OH is 1. The van der Waals surface area contributed by atoms with Crippen LogP contribution in [0.2, 0.25) is 5.02 Å². The molecule has 6 nitrogen and oxygen atoms in total. The number of aromatic amines is 1. The van der Waals surface area contributed by atoms with Crippen LogP contribution in [0.1, 0.15) is 12.0 Å². The number of fused-ring (bicyclic) bond motifs is 1. The van der Waals surface area contributed by atoms with E-state index in [-0.39, 0.29) is 11.5 Å². The lowest BCUT2D eigenvalue weighted by Gasteiger charge is -2.27. The molecule has 0 bridgehead atoms. The minimum atomic E-state index is -0.815. The Morgan fingerprint density at radius 1 is 1.46 bits per heavy atom. The molecule has 128 valence electrons. The molecular formula is C17H19ClN2O4. The fraction of sp³-hybridized carbons (Fsp3) is 0.353. The Morgan fingerprint density at radius 3 is 3.08 bits per heavy atom. The molecule has 7 heteroatoms. The summed E-state index contributed by atoms with van der Waals surface area (Å²) < 4.78 is 9.48. The number of halogens is 1. The summed E-state index contributed by atoms with van der Waals surface area (Å²) in [6.07, 6.45) is 2.45. The smallest absolute Gasteiger partial charge is 0.509 e. The van der Waals surface area contributed by atoms with Gasteiger partial charge in [-0.05, 0) is 30.2 Å². The highest BCUT2D eigenvalue weighted by Crippen LogP contribution is 2.24. The molecule has 0 saturated carbocycles. The van der Waals surface area contributed by atoms with Crippen LogP contribution in [-0.2, 0) is 15.9 Å². The van der Waals surface area contributed by atoms with Crippen molar-refractivity contribution in [1.29, 1.82) is 0 Å². The van der Waals surface area contributed by atoms with Crippen LogP contribution in [0.25, 0.3) is 10.9 Å². The highest BCUT2D eigenvalue weighted by molar-refractivity contribution is 6.31. The molecule has 2 heterocycles. The number of nitrogens with zero attached hydrogens (tertiary/aromatic N) is 1. The predicted molar refractivity (Wildman–Crippen MR) is 91.2 cm³/mol. The highest BCUT2D eigenvalue weighted by atomic mass is 35.5. The normalized spacial score (nSPS) is 15.8. The number of benzene rings is 1. The minimum absolute atomic E-state index is 0.107. The molecular weight excluding hydrogens is 332 g/mol. The van der Waals surface area contributed by atoms with Crippen molar-refractivity contribution in [1.82, 2.24) is 9.88 Å². The zero-order chi connectivity index (χ0) is 17.1. The monoisotopic (exact) mass is 350 g/mol. The fourth-order valence-corrected chi connectivity index (χ4v) is 3.01. The van der Waals surface area contributed by atoms with Gasteiger partial charge in [0.2, 0.25) is 0 Å². The Bertz CT molecular complexity index is 784. The topological polar surface area (TPSA) is 74.8 Å². The van der Waals surface area contributed by atoms with Gasteiger partial charge in [0.05, 0.1) is 13.7 Å². The molecule has 0 aliphatic carbocycles. The molecule has 1 aliphatic heterocycles. The molecule has 0 spiro atoms. The number of hydrogen-bond acceptors (Lipinski definition) is 5. The second-order valence-electron chi connectivity index (χ2n) is 5.71. The van der Waals surface area contributed by atoms with E-state index in [0.29, 0.717) is 24.5 Å². The van der Waals surface area contributed by atoms with Gasteiger partial charge in [-0.25, -0.2) is 4.79 Å². The van der Waals surface area contributed by atoms with Crippen LogP contribution >= 0.6 is 11.6 Å². The number of rotatable bonds is 4. The van der Waals surface area contributed by atoms with E-state index in [9.17, 15) is 9.90 Å². The van der Waals surface area contributed by atoms with E-state index in [1.54, 1.807) is 0 Å². The third-order valence-corrected chi connectivity index (χ3v) is 4.39. The Labute approximate surface area is 144 Å². The first-order valence-electron chi connectivity index (χ1n) is 7.71. The van der Waals surface area contributed by atoms with Gasteiger partial charge in [-0.2, -0.15) is 0 Å². The molecule has 1 aromatic carbocycles. The Morgan fingerprint density at radius 2 is 2.29 bits per heavy atom. The van der Waals surface area contributed by atoms with Gasteiger partial charge in [-0.15, -0.1) is 0 Å². The average Bonchev–Trinajstić information content (AvgIpc) is 2.97. The third kappa shape index (κ3) is 3.66. The molecule has 24 heavy (non-hydrogen) atoms. The van der Waals surface area contributed by atoms with Gasteiger partial charge in [0.25, 0.3) is 0 Å². The number of aliphatic hydroxyl groups is 1. The Hall–Kier alpha value is -2.18. The first kappa shape index (κ1) is 16.7. The van der Waals surface area contributed by atoms with Crippen molar-refractivity contribution in [2.24, 2.45) is 0 Å². The number of methoxy groups -OCH3 is 1. The van der Waals surface area contributed by atoms with Crippen molar-refractivity contribution in [2.75, 3.05) is 26.7 Å². The van der Waals surface area contributed by atoms with Crippen LogP contribution in [0.4, 0.5) is 4.79 Å². The Balaban J connectivity index is 1.64. The number of ether oxygens (including phenoxy) is 2. The van der Waals surface area contributed by atoms with Gasteiger partial charge in [0.15, 0.2) is 5.76 Å². The zero-order valence-corrected chi connectivity index (χ0v) is 14.1. The Kier molecular flexibility index (Phi) is 4.97. The van der Waals surface area contributed by atoms with Crippen LogP contribution in [-0.4, -0.2) is 47.9 Å². The quantitative estimate of drug-likeness (QED) is 0.824. The minimum Gasteiger partial charge on any atom is -0.509 e. The zero-order valence-electron chi connectivity index (χ0n) is 13.3. The maximum atomic E-state index is 11.2. The van der Waals surface area contributed by atoms with E-state index in [1.165, 1.54) is 12.7 Å². The van der Waals surface area contributed by atoms with Gasteiger partial charge in [0, 0.05) is 41.6 Å². The fourth-order valence-electron chi connectivity index (χ4n) is 2.84. The molecule has 3 rings (SSSR count). The van der Waals surface area contributed by atoms with Crippen molar-refractivity contribution in [3.63, 3.8) is 0 Å². The summed E-state index contributed by atoms with van der Waals surface area (Å²) >= 11 is 6.08. The van der Waals surface area contributed by atoms with Crippen LogP contribution < -0.4 is 0 Å². The molecule has 2 aromatic rings. The molecule has 1 aliphatic rings. The van der Waals surface area contributed by atoms with E-state index >= 15 is 0 Å². The number of aromatic nitrogens is 1. The first-order chi connectivity index (χ1) is 11.6. The van der Waals surface area contributed by atoms with Gasteiger partial charge in [0.1, 0.15) is 5.76 Å². The average molecular weight is 351 g/mol. The lowest BCUT2D eigenvalue weighted by molar-refractivity contribution is 0.0791. The van der Waals surface area contributed by atoms with Crippen molar-refractivity contribution in [3.05, 3.63) is 46.5 Å². The van der Waals surface area contributed by atoms with Gasteiger partial charge in [-0.3, -0.25) is 4.90 Å². The molecule has 0 amide bonds.